The zero-order valence-electron chi connectivity index (χ0n) is 38.5. The Bertz CT molecular complexity index is 3560. The van der Waals surface area contributed by atoms with E-state index in [0.717, 1.165) is 35.5 Å². The van der Waals surface area contributed by atoms with Gasteiger partial charge in [-0.1, -0.05) is 78.9 Å². The number of hydrogen-bond acceptors (Lipinski definition) is 2. The molecule has 0 amide bonds. The fourth-order valence-corrected chi connectivity index (χ4v) is 19.3. The molecule has 0 N–H and O–H groups in total. The molecule has 2 aromatic heterocycles. The molecule has 2 nitrogen and oxygen atoms in total. The van der Waals surface area contributed by atoms with E-state index in [-0.39, 0.29) is 12.3 Å². The maximum absolute atomic E-state index is 2.82. The van der Waals surface area contributed by atoms with Crippen LogP contribution in [0, 0.1) is 42.4 Å². The molecule has 19 rings (SSSR count). The first-order valence-corrected chi connectivity index (χ1v) is 26.9. The summed E-state index contributed by atoms with van der Waals surface area (Å²) in [5.74, 6) is 5.46. The van der Waals surface area contributed by atoms with Crippen LogP contribution in [0.5, 0.6) is 0 Å². The van der Waals surface area contributed by atoms with Crippen molar-refractivity contribution in [3.05, 3.63) is 150 Å². The van der Waals surface area contributed by atoms with Crippen LogP contribution in [0.2, 0.25) is 0 Å². The van der Waals surface area contributed by atoms with E-state index < -0.39 is 0 Å². The number of rotatable bonds is 4. The summed E-state index contributed by atoms with van der Waals surface area (Å²) in [5, 5.41) is 5.77. The first-order valence-electron chi connectivity index (χ1n) is 26.1. The molecule has 0 atom stereocenters. The molecule has 4 heteroatoms. The molecule has 0 unspecified atom stereocenters. The monoisotopic (exact) mass is 882 g/mol. The molecule has 67 heavy (non-hydrogen) atoms. The van der Waals surface area contributed by atoms with Gasteiger partial charge in [0.15, 0.2) is 0 Å². The Labute approximate surface area is 398 Å². The zero-order valence-corrected chi connectivity index (χ0v) is 39.3. The topological polar surface area (TPSA) is 8.17 Å². The van der Waals surface area contributed by atoms with Crippen LogP contribution in [-0.4, -0.2) is 11.4 Å². The van der Waals surface area contributed by atoms with E-state index in [9.17, 15) is 0 Å². The van der Waals surface area contributed by atoms with E-state index in [1.54, 1.807) is 11.1 Å². The molecule has 8 aliphatic carbocycles. The minimum Gasteiger partial charge on any atom is -0.376 e. The summed E-state index contributed by atoms with van der Waals surface area (Å²) in [5.41, 5.74) is 20.4. The molecule has 8 saturated carbocycles. The third kappa shape index (κ3) is 5.03. The Balaban J connectivity index is 0.970. The van der Waals surface area contributed by atoms with Gasteiger partial charge in [-0.2, -0.15) is 0 Å². The highest BCUT2D eigenvalue weighted by Crippen LogP contribution is 2.63. The van der Waals surface area contributed by atoms with E-state index >= 15 is 0 Å². The van der Waals surface area contributed by atoms with Crippen molar-refractivity contribution in [1.29, 1.82) is 0 Å². The molecule has 0 radical (unpaired) electrons. The van der Waals surface area contributed by atoms with Gasteiger partial charge in [-0.15, -0.1) is 11.3 Å². The van der Waals surface area contributed by atoms with Crippen LogP contribution in [0.4, 0.5) is 11.4 Å². The standard InChI is InChI=1S/C63H55BN2S/c1-36-17-52-50-28-51-48-9-5-6-10-58(48)67-59(51)29-56(50)66(47-14-11-44(12-15-47)43-7-3-2-4-8-43)64-54-27-46(63-33-40-22-41(34-63)24-42(23-40)35-63)26-53-49-25-45(62-30-37-19-38(31-62)21-39(20-37)32-62)13-16-55(49)65(61(53)54)57(18-36)60(52)64/h2-18,25-29,37-42H,19-24,30-35H2,1H3. The number of thiophene rings is 1. The van der Waals surface area contributed by atoms with Crippen molar-refractivity contribution in [3.8, 4) is 27.9 Å². The summed E-state index contributed by atoms with van der Waals surface area (Å²) in [7, 11) is 0. The number of hydrogen-bond donors (Lipinski definition) is 0. The Morgan fingerprint density at radius 3 is 1.82 bits per heavy atom. The van der Waals surface area contributed by atoms with Crippen molar-refractivity contribution in [2.75, 3.05) is 4.81 Å². The second-order valence-corrected chi connectivity index (χ2v) is 24.9. The van der Waals surface area contributed by atoms with Crippen molar-refractivity contribution in [2.45, 2.75) is 94.8 Å². The maximum atomic E-state index is 2.82. The minimum atomic E-state index is 0.0308. The Kier molecular flexibility index (Phi) is 7.22. The van der Waals surface area contributed by atoms with Gasteiger partial charge in [0, 0.05) is 53.6 Å². The van der Waals surface area contributed by atoms with Crippen molar-refractivity contribution in [1.82, 2.24) is 4.57 Å². The Morgan fingerprint density at radius 1 is 0.493 bits per heavy atom. The van der Waals surface area contributed by atoms with E-state index in [1.165, 1.54) is 175 Å². The highest BCUT2D eigenvalue weighted by molar-refractivity contribution is 7.25. The zero-order chi connectivity index (χ0) is 43.5. The van der Waals surface area contributed by atoms with Gasteiger partial charge in [-0.05, 0) is 229 Å². The number of nitrogens with zero attached hydrogens (tertiary/aromatic N) is 2. The van der Waals surface area contributed by atoms with Gasteiger partial charge in [-0.3, -0.25) is 0 Å². The molecule has 7 aromatic carbocycles. The molecule has 8 bridgehead atoms. The predicted octanol–water partition coefficient (Wildman–Crippen LogP) is 15.3. The van der Waals surface area contributed by atoms with Crippen LogP contribution >= 0.6 is 11.3 Å². The summed E-state index contributed by atoms with van der Waals surface area (Å²) in [6, 6.07) is 53.5. The second-order valence-electron chi connectivity index (χ2n) is 23.8. The van der Waals surface area contributed by atoms with Crippen LogP contribution in [0.25, 0.3) is 69.9 Å². The fraction of sp³-hybridized carbons (Fsp3) is 0.333. The van der Waals surface area contributed by atoms with Crippen LogP contribution < -0.4 is 15.7 Å². The van der Waals surface area contributed by atoms with Crippen molar-refractivity contribution in [3.63, 3.8) is 0 Å². The highest BCUT2D eigenvalue weighted by Gasteiger charge is 2.54. The van der Waals surface area contributed by atoms with Gasteiger partial charge >= 0.3 is 6.85 Å². The lowest BCUT2D eigenvalue weighted by Crippen LogP contribution is -2.61. The van der Waals surface area contributed by atoms with Gasteiger partial charge in [0.1, 0.15) is 0 Å². The smallest absolute Gasteiger partial charge is 0.333 e. The summed E-state index contributed by atoms with van der Waals surface area (Å²) in [6.45, 7) is 2.38. The SMILES string of the molecule is Cc1cc2c3c(c1)-n1c4ccc(C56CC7CC(CC(C7)C5)C6)cc4c4cc(C56CC7CC(CC(C7)C5)C6)cc(c41)B3N(c1ccc(-c3ccccc3)cc1)c1cc3sc4ccccc4c3cc1-2. The summed E-state index contributed by atoms with van der Waals surface area (Å²) < 4.78 is 5.51. The van der Waals surface area contributed by atoms with Crippen molar-refractivity contribution in [2.24, 2.45) is 35.5 Å². The van der Waals surface area contributed by atoms with Crippen LogP contribution in [0.15, 0.2) is 133 Å². The average molecular weight is 883 g/mol. The number of fused-ring (bicyclic) bond motifs is 10. The van der Waals surface area contributed by atoms with Crippen molar-refractivity contribution >= 4 is 82.5 Å². The van der Waals surface area contributed by atoms with Gasteiger partial charge < -0.3 is 9.38 Å². The molecule has 10 aliphatic rings. The normalized spacial score (nSPS) is 29.2. The lowest BCUT2D eigenvalue weighted by atomic mass is 9.42. The summed E-state index contributed by atoms with van der Waals surface area (Å²) >= 11 is 1.95. The molecule has 0 spiro atoms. The average Bonchev–Trinajstić information content (AvgIpc) is 3.87. The van der Waals surface area contributed by atoms with Gasteiger partial charge in [0.2, 0.25) is 0 Å². The Hall–Kier alpha value is -5.58. The van der Waals surface area contributed by atoms with Gasteiger partial charge in [0.25, 0.3) is 0 Å². The molecule has 8 fully saturated rings. The number of aromatic nitrogens is 1. The van der Waals surface area contributed by atoms with Crippen LogP contribution in [-0.2, 0) is 10.8 Å². The van der Waals surface area contributed by atoms with E-state index in [1.807, 2.05) is 11.3 Å². The summed E-state index contributed by atoms with van der Waals surface area (Å²) in [6.07, 6.45) is 17.2. The minimum absolute atomic E-state index is 0.0308. The van der Waals surface area contributed by atoms with E-state index in [0.29, 0.717) is 5.41 Å². The molecular weight excluding hydrogens is 828 g/mol. The predicted molar refractivity (Wildman–Crippen MR) is 283 cm³/mol. The third-order valence-corrected chi connectivity index (χ3v) is 21.0. The van der Waals surface area contributed by atoms with E-state index in [2.05, 4.69) is 150 Å². The Morgan fingerprint density at radius 2 is 1.12 bits per heavy atom. The van der Waals surface area contributed by atoms with Crippen molar-refractivity contribution < 1.29 is 0 Å². The van der Waals surface area contributed by atoms with E-state index in [4.69, 9.17) is 0 Å². The first kappa shape index (κ1) is 37.4. The highest BCUT2D eigenvalue weighted by atomic mass is 32.1. The molecule has 2 aliphatic heterocycles. The lowest BCUT2D eigenvalue weighted by molar-refractivity contribution is -0.00526. The first-order chi connectivity index (χ1) is 32.9. The number of benzene rings is 7. The van der Waals surface area contributed by atoms with Crippen LogP contribution in [0.1, 0.15) is 93.7 Å². The summed E-state index contributed by atoms with van der Waals surface area (Å²) in [4.78, 5) is 2.80. The largest absolute Gasteiger partial charge is 0.376 e. The molecule has 9 aromatic rings. The van der Waals surface area contributed by atoms with Crippen LogP contribution in [0.3, 0.4) is 0 Å². The second kappa shape index (κ2) is 12.9. The van der Waals surface area contributed by atoms with Gasteiger partial charge in [-0.25, -0.2) is 0 Å². The van der Waals surface area contributed by atoms with Gasteiger partial charge in [0.05, 0.1) is 11.0 Å². The molecule has 326 valence electrons. The quantitative estimate of drug-likeness (QED) is 0.160. The molecule has 0 saturated heterocycles. The number of anilines is 2. The third-order valence-electron chi connectivity index (χ3n) is 19.9. The lowest BCUT2D eigenvalue weighted by Gasteiger charge is -2.57. The maximum Gasteiger partial charge on any atom is 0.333 e. The molecule has 4 heterocycles. The fourth-order valence-electron chi connectivity index (χ4n) is 18.1. The number of aryl methyl sites for hydroxylation is 1. The molecular formula is C63H55BN2S.